The number of hydrogen-bond acceptors (Lipinski definition) is 4. The summed E-state index contributed by atoms with van der Waals surface area (Å²) < 4.78 is 0. The third-order valence-electron chi connectivity index (χ3n) is 3.05. The summed E-state index contributed by atoms with van der Waals surface area (Å²) >= 11 is 9.79. The number of aryl methyl sites for hydroxylation is 1. The molecule has 0 saturated carbocycles. The molecule has 2 nitrogen and oxygen atoms in total. The highest BCUT2D eigenvalue weighted by Gasteiger charge is 2.12. The summed E-state index contributed by atoms with van der Waals surface area (Å²) in [5.41, 5.74) is 1.11. The fourth-order valence-electron chi connectivity index (χ4n) is 2.00. The van der Waals surface area contributed by atoms with Gasteiger partial charge in [-0.1, -0.05) is 30.7 Å². The van der Waals surface area contributed by atoms with E-state index < -0.39 is 0 Å². The van der Waals surface area contributed by atoms with Gasteiger partial charge in [0.2, 0.25) is 0 Å². The van der Waals surface area contributed by atoms with Crippen molar-refractivity contribution in [3.63, 3.8) is 0 Å². The third kappa shape index (κ3) is 5.62. The summed E-state index contributed by atoms with van der Waals surface area (Å²) in [6.45, 7) is 5.28. The van der Waals surface area contributed by atoms with E-state index in [1.165, 1.54) is 5.01 Å². The van der Waals surface area contributed by atoms with Crippen molar-refractivity contribution < 1.29 is 0 Å². The highest BCUT2D eigenvalue weighted by atomic mass is 35.5. The maximum absolute atomic E-state index is 6.22. The Morgan fingerprint density at radius 3 is 2.86 bits per heavy atom. The predicted octanol–water partition coefficient (Wildman–Crippen LogP) is 4.81. The number of halogens is 1. The van der Waals surface area contributed by atoms with Crippen LogP contribution >= 0.6 is 34.7 Å². The van der Waals surface area contributed by atoms with Gasteiger partial charge < -0.3 is 5.32 Å². The van der Waals surface area contributed by atoms with Crippen LogP contribution in [0.5, 0.6) is 0 Å². The average Bonchev–Trinajstić information content (AvgIpc) is 2.88. The summed E-state index contributed by atoms with van der Waals surface area (Å²) in [7, 11) is 0. The molecule has 0 aliphatic heterocycles. The summed E-state index contributed by atoms with van der Waals surface area (Å²) in [6.07, 6.45) is 2.13. The molecule has 21 heavy (non-hydrogen) atoms. The molecule has 114 valence electrons. The van der Waals surface area contributed by atoms with Crippen LogP contribution in [0.1, 0.15) is 24.0 Å². The topological polar surface area (TPSA) is 24.9 Å². The van der Waals surface area contributed by atoms with Crippen LogP contribution in [0, 0.1) is 6.92 Å². The van der Waals surface area contributed by atoms with Crippen LogP contribution in [-0.2, 0) is 6.42 Å². The molecule has 0 saturated heterocycles. The van der Waals surface area contributed by atoms with Crippen molar-refractivity contribution >= 4 is 34.7 Å². The van der Waals surface area contributed by atoms with E-state index in [0.717, 1.165) is 40.8 Å². The number of nitrogens with one attached hydrogen (secondary N) is 1. The van der Waals surface area contributed by atoms with Crippen molar-refractivity contribution in [2.24, 2.45) is 0 Å². The third-order valence-corrected chi connectivity index (χ3v) is 5.71. The Morgan fingerprint density at radius 1 is 1.38 bits per heavy atom. The number of thioether (sulfide) groups is 1. The first-order chi connectivity index (χ1) is 10.2. The lowest BCUT2D eigenvalue weighted by molar-refractivity contribution is 0.549. The van der Waals surface area contributed by atoms with Gasteiger partial charge in [0.25, 0.3) is 0 Å². The molecule has 2 aromatic rings. The Balaban J connectivity index is 1.94. The molecular weight excluding hydrogens is 320 g/mol. The van der Waals surface area contributed by atoms with Crippen molar-refractivity contribution in [3.8, 4) is 0 Å². The van der Waals surface area contributed by atoms with Gasteiger partial charge in [-0.25, -0.2) is 4.98 Å². The maximum Gasteiger partial charge on any atom is 0.0943 e. The number of aromatic nitrogens is 1. The fourth-order valence-corrected chi connectivity index (χ4v) is 4.15. The average molecular weight is 341 g/mol. The van der Waals surface area contributed by atoms with E-state index in [9.17, 15) is 0 Å². The van der Waals surface area contributed by atoms with E-state index in [4.69, 9.17) is 11.6 Å². The largest absolute Gasteiger partial charge is 0.313 e. The Labute approximate surface area is 140 Å². The molecular formula is C16H21ClN2S2. The van der Waals surface area contributed by atoms with Gasteiger partial charge in [-0.3, -0.25) is 0 Å². The van der Waals surface area contributed by atoms with Gasteiger partial charge in [0.15, 0.2) is 0 Å². The molecule has 1 aromatic heterocycles. The molecule has 0 bridgehead atoms. The van der Waals surface area contributed by atoms with Crippen molar-refractivity contribution in [1.29, 1.82) is 0 Å². The highest BCUT2D eigenvalue weighted by molar-refractivity contribution is 7.99. The van der Waals surface area contributed by atoms with Gasteiger partial charge in [0.1, 0.15) is 0 Å². The van der Waals surface area contributed by atoms with Crippen molar-refractivity contribution in [2.45, 2.75) is 37.6 Å². The highest BCUT2D eigenvalue weighted by Crippen LogP contribution is 2.27. The number of thiazole rings is 1. The van der Waals surface area contributed by atoms with Crippen LogP contribution in [0.2, 0.25) is 5.02 Å². The molecule has 0 aliphatic rings. The summed E-state index contributed by atoms with van der Waals surface area (Å²) in [6, 6.07) is 8.46. The minimum atomic E-state index is 0.428. The molecule has 1 aromatic carbocycles. The van der Waals surface area contributed by atoms with Gasteiger partial charge in [-0.2, -0.15) is 0 Å². The number of nitrogens with zero attached hydrogens (tertiary/aromatic N) is 1. The van der Waals surface area contributed by atoms with Crippen LogP contribution in [0.15, 0.2) is 34.5 Å². The number of hydrogen-bond donors (Lipinski definition) is 1. The zero-order chi connectivity index (χ0) is 15.1. The van der Waals surface area contributed by atoms with E-state index in [2.05, 4.69) is 28.7 Å². The Hall–Kier alpha value is -0.550. The van der Waals surface area contributed by atoms with E-state index in [1.807, 2.05) is 36.9 Å². The van der Waals surface area contributed by atoms with Crippen LogP contribution < -0.4 is 5.32 Å². The van der Waals surface area contributed by atoms with Crippen molar-refractivity contribution in [2.75, 3.05) is 12.3 Å². The van der Waals surface area contributed by atoms with E-state index >= 15 is 0 Å². The maximum atomic E-state index is 6.22. The SMILES string of the molecule is CCCNC(CSc1ccccc1Cl)Cc1nc(C)cs1. The normalized spacial score (nSPS) is 12.5. The Kier molecular flexibility index (Phi) is 7.04. The zero-order valence-corrected chi connectivity index (χ0v) is 14.8. The van der Waals surface area contributed by atoms with Gasteiger partial charge in [0, 0.05) is 34.2 Å². The second-order valence-electron chi connectivity index (χ2n) is 4.98. The smallest absolute Gasteiger partial charge is 0.0943 e. The molecule has 0 radical (unpaired) electrons. The summed E-state index contributed by atoms with van der Waals surface area (Å²) in [4.78, 5) is 5.73. The fraction of sp³-hybridized carbons (Fsp3) is 0.438. The Morgan fingerprint density at radius 2 is 2.19 bits per heavy atom. The van der Waals surface area contributed by atoms with Crippen molar-refractivity contribution in [1.82, 2.24) is 10.3 Å². The minimum absolute atomic E-state index is 0.428. The van der Waals surface area contributed by atoms with Crippen LogP contribution in [-0.4, -0.2) is 23.3 Å². The molecule has 1 N–H and O–H groups in total. The standard InChI is InChI=1S/C16H21ClN2S2/c1-3-8-18-13(9-16-19-12(2)10-21-16)11-20-15-7-5-4-6-14(15)17/h4-7,10,13,18H,3,8-9,11H2,1-2H3. The monoisotopic (exact) mass is 340 g/mol. The molecule has 1 heterocycles. The van der Waals surface area contributed by atoms with Crippen LogP contribution in [0.25, 0.3) is 0 Å². The molecule has 0 aliphatic carbocycles. The van der Waals surface area contributed by atoms with E-state index in [-0.39, 0.29) is 0 Å². The first-order valence-electron chi connectivity index (χ1n) is 7.20. The predicted molar refractivity (Wildman–Crippen MR) is 94.8 cm³/mol. The Bertz CT molecular complexity index is 557. The van der Waals surface area contributed by atoms with Gasteiger partial charge in [0.05, 0.1) is 10.0 Å². The second-order valence-corrected chi connectivity index (χ2v) is 7.39. The second kappa shape index (κ2) is 8.79. The molecule has 1 atom stereocenters. The van der Waals surface area contributed by atoms with Gasteiger partial charge >= 0.3 is 0 Å². The van der Waals surface area contributed by atoms with Crippen LogP contribution in [0.3, 0.4) is 0 Å². The molecule has 0 amide bonds. The molecule has 0 fully saturated rings. The lowest BCUT2D eigenvalue weighted by Crippen LogP contribution is -2.34. The first kappa shape index (κ1) is 16.8. The van der Waals surface area contributed by atoms with E-state index in [0.29, 0.717) is 6.04 Å². The van der Waals surface area contributed by atoms with Gasteiger partial charge in [-0.05, 0) is 32.0 Å². The van der Waals surface area contributed by atoms with E-state index in [1.54, 1.807) is 11.3 Å². The number of rotatable bonds is 8. The number of benzene rings is 1. The summed E-state index contributed by atoms with van der Waals surface area (Å²) in [5.74, 6) is 1.00. The molecule has 5 heteroatoms. The molecule has 0 spiro atoms. The molecule has 2 rings (SSSR count). The first-order valence-corrected chi connectivity index (χ1v) is 9.45. The van der Waals surface area contributed by atoms with Gasteiger partial charge in [-0.15, -0.1) is 23.1 Å². The van der Waals surface area contributed by atoms with Crippen LogP contribution in [0.4, 0.5) is 0 Å². The lowest BCUT2D eigenvalue weighted by atomic mass is 10.2. The quantitative estimate of drug-likeness (QED) is 0.698. The minimum Gasteiger partial charge on any atom is -0.313 e. The lowest BCUT2D eigenvalue weighted by Gasteiger charge is -2.17. The molecule has 1 unspecified atom stereocenters. The summed E-state index contributed by atoms with van der Waals surface area (Å²) in [5, 5.41) is 7.78. The zero-order valence-electron chi connectivity index (χ0n) is 12.4. The van der Waals surface area contributed by atoms with Crippen molar-refractivity contribution in [3.05, 3.63) is 45.4 Å².